The maximum absolute atomic E-state index is 13.1. The first-order chi connectivity index (χ1) is 12.3. The summed E-state index contributed by atoms with van der Waals surface area (Å²) in [6, 6.07) is 11.4. The van der Waals surface area contributed by atoms with Crippen LogP contribution in [0.1, 0.15) is 36.5 Å². The number of halogens is 3. The van der Waals surface area contributed by atoms with Crippen LogP contribution in [0, 0.1) is 0 Å². The van der Waals surface area contributed by atoms with Crippen LogP contribution < -0.4 is 9.64 Å². The van der Waals surface area contributed by atoms with Gasteiger partial charge in [-0.05, 0) is 41.7 Å². The first-order valence-corrected chi connectivity index (χ1v) is 8.50. The number of amides is 1. The Kier molecular flexibility index (Phi) is 4.94. The number of rotatable bonds is 4. The third-order valence-electron chi connectivity index (χ3n) is 4.53. The van der Waals surface area contributed by atoms with Gasteiger partial charge >= 0.3 is 6.18 Å². The molecule has 2 aromatic carbocycles. The van der Waals surface area contributed by atoms with Gasteiger partial charge in [-0.25, -0.2) is 0 Å². The van der Waals surface area contributed by atoms with Crippen LogP contribution in [0.4, 0.5) is 18.9 Å². The second-order valence-electron chi connectivity index (χ2n) is 6.58. The van der Waals surface area contributed by atoms with Crippen molar-refractivity contribution in [3.8, 4) is 5.75 Å². The van der Waals surface area contributed by atoms with Crippen molar-refractivity contribution in [3.05, 3.63) is 59.2 Å². The van der Waals surface area contributed by atoms with E-state index in [0.717, 1.165) is 11.6 Å². The number of benzene rings is 2. The van der Waals surface area contributed by atoms with Crippen molar-refractivity contribution in [3.63, 3.8) is 0 Å². The number of ether oxygens (including phenoxy) is 1. The molecule has 26 heavy (non-hydrogen) atoms. The highest BCUT2D eigenvalue weighted by Gasteiger charge is 2.37. The summed E-state index contributed by atoms with van der Waals surface area (Å²) < 4.78 is 45.1. The second kappa shape index (κ2) is 7.02. The van der Waals surface area contributed by atoms with E-state index in [0.29, 0.717) is 11.4 Å². The van der Waals surface area contributed by atoms with Gasteiger partial charge in [0.25, 0.3) is 5.91 Å². The SMILES string of the molecule is CC(C)c1ccccc1OCC(=O)N1CCc2c1cccc2C(F)(F)F. The van der Waals surface area contributed by atoms with E-state index >= 15 is 0 Å². The fourth-order valence-corrected chi connectivity index (χ4v) is 3.27. The highest BCUT2D eigenvalue weighted by molar-refractivity contribution is 5.96. The van der Waals surface area contributed by atoms with Gasteiger partial charge in [-0.1, -0.05) is 38.1 Å². The minimum atomic E-state index is -4.42. The fraction of sp³-hybridized carbons (Fsp3) is 0.350. The Morgan fingerprint density at radius 1 is 1.15 bits per heavy atom. The molecular weight excluding hydrogens is 343 g/mol. The molecule has 0 N–H and O–H groups in total. The predicted octanol–water partition coefficient (Wildman–Crippen LogP) is 4.80. The molecule has 6 heteroatoms. The molecule has 0 aliphatic carbocycles. The molecule has 1 aliphatic rings. The summed E-state index contributed by atoms with van der Waals surface area (Å²) in [5, 5.41) is 0. The van der Waals surface area contributed by atoms with Crippen LogP contribution in [0.2, 0.25) is 0 Å². The lowest BCUT2D eigenvalue weighted by molar-refractivity contribution is -0.138. The van der Waals surface area contributed by atoms with Gasteiger partial charge in [0.2, 0.25) is 0 Å². The van der Waals surface area contributed by atoms with Crippen molar-refractivity contribution >= 4 is 11.6 Å². The molecule has 1 aliphatic heterocycles. The number of carbonyl (C=O) groups excluding carboxylic acids is 1. The average molecular weight is 363 g/mol. The molecule has 3 nitrogen and oxygen atoms in total. The Morgan fingerprint density at radius 3 is 2.58 bits per heavy atom. The number of fused-ring (bicyclic) bond motifs is 1. The third kappa shape index (κ3) is 3.54. The highest BCUT2D eigenvalue weighted by atomic mass is 19.4. The quantitative estimate of drug-likeness (QED) is 0.781. The zero-order valence-electron chi connectivity index (χ0n) is 14.6. The van der Waals surface area contributed by atoms with Gasteiger partial charge in [0.15, 0.2) is 6.61 Å². The molecule has 0 bridgehead atoms. The van der Waals surface area contributed by atoms with Crippen LogP contribution in [-0.2, 0) is 17.4 Å². The van der Waals surface area contributed by atoms with Crippen LogP contribution in [0.25, 0.3) is 0 Å². The number of hydrogen-bond acceptors (Lipinski definition) is 2. The number of anilines is 1. The molecule has 0 aromatic heterocycles. The van der Waals surface area contributed by atoms with Crippen molar-refractivity contribution in [2.45, 2.75) is 32.4 Å². The Morgan fingerprint density at radius 2 is 1.88 bits per heavy atom. The minimum absolute atomic E-state index is 0.177. The zero-order valence-corrected chi connectivity index (χ0v) is 14.6. The van der Waals surface area contributed by atoms with Crippen molar-refractivity contribution in [2.24, 2.45) is 0 Å². The predicted molar refractivity (Wildman–Crippen MR) is 93.5 cm³/mol. The largest absolute Gasteiger partial charge is 0.483 e. The lowest BCUT2D eigenvalue weighted by Gasteiger charge is -2.20. The molecule has 2 aromatic rings. The molecular formula is C20H20F3NO2. The van der Waals surface area contributed by atoms with Gasteiger partial charge in [0.05, 0.1) is 5.56 Å². The topological polar surface area (TPSA) is 29.5 Å². The van der Waals surface area contributed by atoms with Crippen molar-refractivity contribution in [1.82, 2.24) is 0 Å². The molecule has 3 rings (SSSR count). The van der Waals surface area contributed by atoms with Crippen LogP contribution >= 0.6 is 0 Å². The monoisotopic (exact) mass is 363 g/mol. The van der Waals surface area contributed by atoms with Crippen LogP contribution in [-0.4, -0.2) is 19.1 Å². The van der Waals surface area contributed by atoms with E-state index in [2.05, 4.69) is 0 Å². The summed E-state index contributed by atoms with van der Waals surface area (Å²) in [7, 11) is 0. The number of hydrogen-bond donors (Lipinski definition) is 0. The zero-order chi connectivity index (χ0) is 18.9. The summed E-state index contributed by atoms with van der Waals surface area (Å²) in [6.45, 7) is 4.08. The molecule has 0 unspecified atom stereocenters. The molecule has 0 radical (unpaired) electrons. The molecule has 0 spiro atoms. The lowest BCUT2D eigenvalue weighted by atomic mass is 10.0. The summed E-state index contributed by atoms with van der Waals surface area (Å²) in [5.41, 5.74) is 0.819. The van der Waals surface area contributed by atoms with Gasteiger partial charge < -0.3 is 9.64 Å². The molecule has 0 fully saturated rings. The fourth-order valence-electron chi connectivity index (χ4n) is 3.27. The number of carbonyl (C=O) groups is 1. The van der Waals surface area contributed by atoms with Crippen LogP contribution in [0.5, 0.6) is 5.75 Å². The summed E-state index contributed by atoms with van der Waals surface area (Å²) >= 11 is 0. The van der Waals surface area contributed by atoms with E-state index in [4.69, 9.17) is 4.74 Å². The van der Waals surface area contributed by atoms with E-state index in [9.17, 15) is 18.0 Å². The van der Waals surface area contributed by atoms with Crippen LogP contribution in [0.15, 0.2) is 42.5 Å². The summed E-state index contributed by atoms with van der Waals surface area (Å²) in [5.74, 6) is 0.518. The minimum Gasteiger partial charge on any atom is -0.483 e. The number of para-hydroxylation sites is 1. The first kappa shape index (κ1) is 18.3. The molecule has 0 saturated heterocycles. The molecule has 1 heterocycles. The van der Waals surface area contributed by atoms with E-state index in [1.807, 2.05) is 32.0 Å². The number of nitrogens with zero attached hydrogens (tertiary/aromatic N) is 1. The highest BCUT2D eigenvalue weighted by Crippen LogP contribution is 2.39. The standard InChI is InChI=1S/C20H20F3NO2/c1-13(2)14-6-3-4-9-18(14)26-12-19(25)24-11-10-15-16(20(21,22)23)7-5-8-17(15)24/h3-9,13H,10-12H2,1-2H3. The Bertz CT molecular complexity index is 815. The Balaban J connectivity index is 1.76. The van der Waals surface area contributed by atoms with Crippen molar-refractivity contribution < 1.29 is 22.7 Å². The maximum Gasteiger partial charge on any atom is 0.416 e. The van der Waals surface area contributed by atoms with E-state index in [1.165, 1.54) is 11.0 Å². The summed E-state index contributed by atoms with van der Waals surface area (Å²) in [6.07, 6.45) is -4.23. The van der Waals surface area contributed by atoms with Gasteiger partial charge in [0, 0.05) is 12.2 Å². The third-order valence-corrected chi connectivity index (χ3v) is 4.53. The van der Waals surface area contributed by atoms with E-state index in [1.54, 1.807) is 12.1 Å². The van der Waals surface area contributed by atoms with Gasteiger partial charge in [-0.3, -0.25) is 4.79 Å². The first-order valence-electron chi connectivity index (χ1n) is 8.50. The van der Waals surface area contributed by atoms with Crippen molar-refractivity contribution in [2.75, 3.05) is 18.1 Å². The smallest absolute Gasteiger partial charge is 0.416 e. The maximum atomic E-state index is 13.1. The van der Waals surface area contributed by atoms with E-state index < -0.39 is 11.7 Å². The average Bonchev–Trinajstić information content (AvgIpc) is 3.03. The normalized spacial score (nSPS) is 13.8. The second-order valence-corrected chi connectivity index (χ2v) is 6.58. The Hall–Kier alpha value is -2.50. The van der Waals surface area contributed by atoms with Gasteiger partial charge in [-0.15, -0.1) is 0 Å². The Labute approximate surface area is 150 Å². The van der Waals surface area contributed by atoms with Crippen molar-refractivity contribution in [1.29, 1.82) is 0 Å². The molecule has 138 valence electrons. The number of alkyl halides is 3. The summed E-state index contributed by atoms with van der Waals surface area (Å²) in [4.78, 5) is 13.9. The molecule has 1 amide bonds. The van der Waals surface area contributed by atoms with Crippen LogP contribution in [0.3, 0.4) is 0 Å². The van der Waals surface area contributed by atoms with E-state index in [-0.39, 0.29) is 37.0 Å². The van der Waals surface area contributed by atoms with Gasteiger partial charge in [-0.2, -0.15) is 13.2 Å². The molecule has 0 saturated carbocycles. The lowest BCUT2D eigenvalue weighted by Crippen LogP contribution is -2.33. The molecule has 0 atom stereocenters. The van der Waals surface area contributed by atoms with Gasteiger partial charge in [0.1, 0.15) is 5.75 Å².